The zero-order chi connectivity index (χ0) is 16.2. The molecule has 0 bridgehead atoms. The van der Waals surface area contributed by atoms with Gasteiger partial charge in [-0.05, 0) is 43.7 Å². The van der Waals surface area contributed by atoms with Crippen molar-refractivity contribution in [3.05, 3.63) is 18.2 Å². The maximum Gasteiger partial charge on any atom is 0.415 e. The molecule has 0 spiro atoms. The van der Waals surface area contributed by atoms with Gasteiger partial charge in [0.15, 0.2) is 11.5 Å². The van der Waals surface area contributed by atoms with E-state index < -0.39 is 12.7 Å². The number of hydrogen-bond acceptors (Lipinski definition) is 4. The lowest BCUT2D eigenvalue weighted by Crippen LogP contribution is -2.30. The molecule has 5 nitrogen and oxygen atoms in total. The largest absolute Gasteiger partial charge is 0.489 e. The van der Waals surface area contributed by atoms with E-state index >= 15 is 0 Å². The predicted molar refractivity (Wildman–Crippen MR) is 78.1 cm³/mol. The monoisotopic (exact) mass is 327 g/mol. The van der Waals surface area contributed by atoms with Gasteiger partial charge in [0.1, 0.15) is 5.75 Å². The minimum Gasteiger partial charge on any atom is -0.489 e. The number of carbonyl (C=O) groups is 1. The fourth-order valence-corrected chi connectivity index (χ4v) is 2.42. The predicted octanol–water partition coefficient (Wildman–Crippen LogP) is 3.67. The number of nitrogens with zero attached hydrogens (tertiary/aromatic N) is 1. The Morgan fingerprint density at radius 2 is 1.96 bits per heavy atom. The van der Waals surface area contributed by atoms with Crippen LogP contribution in [-0.4, -0.2) is 37.3 Å². The number of amides is 1. The second-order valence-electron chi connectivity index (χ2n) is 5.80. The van der Waals surface area contributed by atoms with Gasteiger partial charge in [-0.2, -0.15) is 8.78 Å². The van der Waals surface area contributed by atoms with Crippen molar-refractivity contribution in [3.8, 4) is 17.2 Å². The molecule has 1 saturated heterocycles. The van der Waals surface area contributed by atoms with E-state index in [9.17, 15) is 13.6 Å². The van der Waals surface area contributed by atoms with Crippen molar-refractivity contribution >= 4 is 6.09 Å². The summed E-state index contributed by atoms with van der Waals surface area (Å²) in [7, 11) is 0. The van der Waals surface area contributed by atoms with Crippen molar-refractivity contribution in [2.24, 2.45) is 5.92 Å². The molecule has 0 N–H and O–H groups in total. The Hall–Kier alpha value is -2.05. The summed E-state index contributed by atoms with van der Waals surface area (Å²) in [5.74, 6) is 0.838. The zero-order valence-electron chi connectivity index (χ0n) is 12.7. The maximum atomic E-state index is 12.5. The highest BCUT2D eigenvalue weighted by Gasteiger charge is 2.24. The molecule has 7 heteroatoms. The van der Waals surface area contributed by atoms with E-state index in [1.54, 1.807) is 4.90 Å². The fourth-order valence-electron chi connectivity index (χ4n) is 2.42. The summed E-state index contributed by atoms with van der Waals surface area (Å²) in [5, 5.41) is 0. The number of hydrogen-bond donors (Lipinski definition) is 0. The van der Waals surface area contributed by atoms with E-state index in [1.165, 1.54) is 18.2 Å². The first kappa shape index (κ1) is 15.8. The van der Waals surface area contributed by atoms with Crippen LogP contribution in [0.15, 0.2) is 18.2 Å². The van der Waals surface area contributed by atoms with Crippen LogP contribution < -0.4 is 14.2 Å². The number of benzene rings is 1. The molecule has 23 heavy (non-hydrogen) atoms. The molecule has 1 saturated carbocycles. The maximum absolute atomic E-state index is 12.5. The second-order valence-corrected chi connectivity index (χ2v) is 5.80. The van der Waals surface area contributed by atoms with E-state index in [0.29, 0.717) is 25.6 Å². The van der Waals surface area contributed by atoms with Gasteiger partial charge in [-0.15, -0.1) is 0 Å². The number of rotatable bonds is 6. The summed E-state index contributed by atoms with van der Waals surface area (Å²) in [4.78, 5) is 13.6. The highest BCUT2D eigenvalue weighted by molar-refractivity contribution is 5.71. The van der Waals surface area contributed by atoms with Crippen molar-refractivity contribution in [2.45, 2.75) is 32.3 Å². The number of alkyl halides is 2. The fraction of sp³-hybridized carbons (Fsp3) is 0.562. The Morgan fingerprint density at radius 1 is 1.22 bits per heavy atom. The van der Waals surface area contributed by atoms with Gasteiger partial charge in [0, 0.05) is 19.2 Å². The van der Waals surface area contributed by atoms with Crippen LogP contribution in [0, 0.1) is 5.92 Å². The third-order valence-electron chi connectivity index (χ3n) is 3.87. The smallest absolute Gasteiger partial charge is 0.415 e. The number of ether oxygens (including phenoxy) is 3. The first-order valence-corrected chi connectivity index (χ1v) is 7.80. The molecular formula is C16H19F2NO4. The molecule has 1 aliphatic carbocycles. The molecule has 0 unspecified atom stereocenters. The molecule has 2 fully saturated rings. The molecular weight excluding hydrogens is 308 g/mol. The van der Waals surface area contributed by atoms with Crippen LogP contribution >= 0.6 is 0 Å². The Bertz CT molecular complexity index is 557. The van der Waals surface area contributed by atoms with Gasteiger partial charge in [0.25, 0.3) is 0 Å². The lowest BCUT2D eigenvalue weighted by atomic mass is 10.3. The van der Waals surface area contributed by atoms with Gasteiger partial charge in [0.2, 0.25) is 0 Å². The van der Waals surface area contributed by atoms with Gasteiger partial charge in [0.05, 0.1) is 6.61 Å². The van der Waals surface area contributed by atoms with Crippen LogP contribution in [0.25, 0.3) is 0 Å². The van der Waals surface area contributed by atoms with E-state index in [4.69, 9.17) is 9.47 Å². The third kappa shape index (κ3) is 4.46. The quantitative estimate of drug-likeness (QED) is 0.800. The van der Waals surface area contributed by atoms with E-state index in [-0.39, 0.29) is 17.2 Å². The third-order valence-corrected chi connectivity index (χ3v) is 3.87. The molecule has 1 heterocycles. The Labute approximate surface area is 133 Å². The van der Waals surface area contributed by atoms with Crippen molar-refractivity contribution in [1.29, 1.82) is 0 Å². The van der Waals surface area contributed by atoms with E-state index in [0.717, 1.165) is 25.7 Å². The highest BCUT2D eigenvalue weighted by Crippen LogP contribution is 2.36. The summed E-state index contributed by atoms with van der Waals surface area (Å²) in [6.45, 7) is -1.13. The summed E-state index contributed by atoms with van der Waals surface area (Å²) < 4.78 is 40.2. The van der Waals surface area contributed by atoms with Gasteiger partial charge < -0.3 is 19.1 Å². The van der Waals surface area contributed by atoms with Gasteiger partial charge in [-0.3, -0.25) is 0 Å². The lowest BCUT2D eigenvalue weighted by Gasteiger charge is -2.16. The van der Waals surface area contributed by atoms with Gasteiger partial charge >= 0.3 is 12.7 Å². The lowest BCUT2D eigenvalue weighted by molar-refractivity contribution is -0.0515. The summed E-state index contributed by atoms with van der Waals surface area (Å²) in [6, 6.07) is 4.19. The topological polar surface area (TPSA) is 48.0 Å². The number of halogens is 2. The number of likely N-dealkylation sites (tertiary alicyclic amines) is 1. The molecule has 0 radical (unpaired) electrons. The average molecular weight is 327 g/mol. The second kappa shape index (κ2) is 7.02. The van der Waals surface area contributed by atoms with Crippen LogP contribution in [0.1, 0.15) is 25.7 Å². The SMILES string of the molecule is O=C(Oc1ccc(OC(F)F)c(OCC2CC2)c1)N1CCCC1. The first-order valence-electron chi connectivity index (χ1n) is 7.80. The average Bonchev–Trinajstić information content (AvgIpc) is 3.17. The van der Waals surface area contributed by atoms with Crippen LogP contribution in [0.5, 0.6) is 17.2 Å². The van der Waals surface area contributed by atoms with Crippen LogP contribution in [0.2, 0.25) is 0 Å². The molecule has 1 aromatic carbocycles. The molecule has 1 aromatic rings. The highest BCUT2D eigenvalue weighted by atomic mass is 19.3. The summed E-state index contributed by atoms with van der Waals surface area (Å²) >= 11 is 0. The van der Waals surface area contributed by atoms with Crippen LogP contribution in [-0.2, 0) is 0 Å². The molecule has 3 rings (SSSR count). The molecule has 1 amide bonds. The van der Waals surface area contributed by atoms with Gasteiger partial charge in [-0.1, -0.05) is 0 Å². The van der Waals surface area contributed by atoms with Crippen LogP contribution in [0.3, 0.4) is 0 Å². The van der Waals surface area contributed by atoms with Crippen molar-refractivity contribution in [3.63, 3.8) is 0 Å². The zero-order valence-corrected chi connectivity index (χ0v) is 12.7. The van der Waals surface area contributed by atoms with Crippen molar-refractivity contribution < 1.29 is 27.8 Å². The Kier molecular flexibility index (Phi) is 4.83. The Morgan fingerprint density at radius 3 is 2.61 bits per heavy atom. The van der Waals surface area contributed by atoms with Crippen molar-refractivity contribution in [2.75, 3.05) is 19.7 Å². The van der Waals surface area contributed by atoms with Crippen molar-refractivity contribution in [1.82, 2.24) is 4.90 Å². The molecule has 0 aromatic heterocycles. The van der Waals surface area contributed by atoms with E-state index in [1.807, 2.05) is 0 Å². The van der Waals surface area contributed by atoms with E-state index in [2.05, 4.69) is 4.74 Å². The Balaban J connectivity index is 1.69. The first-order chi connectivity index (χ1) is 11.1. The molecule has 1 aliphatic heterocycles. The number of carbonyl (C=O) groups excluding carboxylic acids is 1. The normalized spacial score (nSPS) is 17.4. The molecule has 0 atom stereocenters. The molecule has 2 aliphatic rings. The van der Waals surface area contributed by atoms with Crippen LogP contribution in [0.4, 0.5) is 13.6 Å². The minimum atomic E-state index is -2.93. The summed E-state index contributed by atoms with van der Waals surface area (Å²) in [5.41, 5.74) is 0. The summed E-state index contributed by atoms with van der Waals surface area (Å²) in [6.07, 6.45) is 3.65. The minimum absolute atomic E-state index is 0.0541. The standard InChI is InChI=1S/C16H19F2NO4/c17-15(18)23-13-6-5-12(9-14(13)21-10-11-3-4-11)22-16(20)19-7-1-2-8-19/h5-6,9,11,15H,1-4,7-8,10H2. The van der Waals surface area contributed by atoms with Gasteiger partial charge in [-0.25, -0.2) is 4.79 Å². The molecule has 126 valence electrons.